The molecule has 6 nitrogen and oxygen atoms in total. The molecule has 0 aliphatic carbocycles. The number of hydrogen-bond donors (Lipinski definition) is 1. The second kappa shape index (κ2) is 6.37. The highest BCUT2D eigenvalue weighted by atomic mass is 16.4. The van der Waals surface area contributed by atoms with Gasteiger partial charge in [0.05, 0.1) is 0 Å². The van der Waals surface area contributed by atoms with Crippen molar-refractivity contribution in [3.8, 4) is 0 Å². The molecule has 0 bridgehead atoms. The third-order valence-corrected chi connectivity index (χ3v) is 3.55. The number of benzene rings is 2. The molecule has 0 aliphatic rings. The van der Waals surface area contributed by atoms with Gasteiger partial charge >= 0.3 is 5.97 Å². The molecule has 24 heavy (non-hydrogen) atoms. The lowest BCUT2D eigenvalue weighted by atomic mass is 10.2. The van der Waals surface area contributed by atoms with Crippen LogP contribution in [-0.2, 0) is 7.05 Å². The van der Waals surface area contributed by atoms with Crippen LogP contribution >= 0.6 is 0 Å². The van der Waals surface area contributed by atoms with Crippen LogP contribution in [0, 0.1) is 0 Å². The fourth-order valence-corrected chi connectivity index (χ4v) is 2.42. The Kier molecular flexibility index (Phi) is 4.11. The zero-order valence-corrected chi connectivity index (χ0v) is 13.0. The number of nitrogens with zero attached hydrogens (tertiary/aromatic N) is 3. The van der Waals surface area contributed by atoms with Crippen LogP contribution in [0.2, 0.25) is 0 Å². The van der Waals surface area contributed by atoms with Crippen molar-refractivity contribution in [3.05, 3.63) is 78.1 Å². The molecular weight excluding hydrogens is 306 g/mol. The molecule has 120 valence electrons. The van der Waals surface area contributed by atoms with E-state index in [4.69, 9.17) is 5.11 Å². The molecule has 0 fully saturated rings. The number of amides is 1. The second-order valence-electron chi connectivity index (χ2n) is 5.16. The van der Waals surface area contributed by atoms with Gasteiger partial charge in [0.1, 0.15) is 5.69 Å². The van der Waals surface area contributed by atoms with Crippen LogP contribution in [0.25, 0.3) is 0 Å². The van der Waals surface area contributed by atoms with Crippen LogP contribution in [0.5, 0.6) is 0 Å². The monoisotopic (exact) mass is 321 g/mol. The van der Waals surface area contributed by atoms with Gasteiger partial charge in [0.25, 0.3) is 5.91 Å². The predicted molar refractivity (Wildman–Crippen MR) is 89.5 cm³/mol. The highest BCUT2D eigenvalue weighted by Gasteiger charge is 2.24. The number of carboxylic acid groups (broad SMARTS) is 1. The fraction of sp³-hybridized carbons (Fsp3) is 0.0556. The Bertz CT molecular complexity index is 834. The summed E-state index contributed by atoms with van der Waals surface area (Å²) in [6.07, 6.45) is 0. The summed E-state index contributed by atoms with van der Waals surface area (Å²) in [4.78, 5) is 25.7. The lowest BCUT2D eigenvalue weighted by molar-refractivity contribution is 0.0685. The number of rotatable bonds is 4. The Morgan fingerprint density at radius 1 is 0.958 bits per heavy atom. The van der Waals surface area contributed by atoms with Gasteiger partial charge in [-0.1, -0.05) is 36.4 Å². The summed E-state index contributed by atoms with van der Waals surface area (Å²) in [6.45, 7) is 0. The minimum Gasteiger partial charge on any atom is -0.477 e. The zero-order valence-electron chi connectivity index (χ0n) is 13.0. The van der Waals surface area contributed by atoms with Crippen LogP contribution in [0.15, 0.2) is 66.7 Å². The Hall–Kier alpha value is -3.41. The molecule has 0 saturated heterocycles. The summed E-state index contributed by atoms with van der Waals surface area (Å²) in [7, 11) is 1.50. The Labute approximate surface area is 138 Å². The predicted octanol–water partition coefficient (Wildman–Crippen LogP) is 3.10. The van der Waals surface area contributed by atoms with E-state index in [0.717, 1.165) is 0 Å². The van der Waals surface area contributed by atoms with Crippen LogP contribution < -0.4 is 4.90 Å². The molecule has 1 aromatic heterocycles. The maximum Gasteiger partial charge on any atom is 0.354 e. The van der Waals surface area contributed by atoms with E-state index in [-0.39, 0.29) is 11.4 Å². The van der Waals surface area contributed by atoms with Gasteiger partial charge in [0, 0.05) is 24.5 Å². The number of para-hydroxylation sites is 2. The van der Waals surface area contributed by atoms with E-state index in [1.54, 1.807) is 0 Å². The van der Waals surface area contributed by atoms with Gasteiger partial charge in [0.15, 0.2) is 5.69 Å². The van der Waals surface area contributed by atoms with E-state index >= 15 is 0 Å². The zero-order chi connectivity index (χ0) is 17.1. The molecule has 6 heteroatoms. The molecule has 0 aliphatic heterocycles. The third-order valence-electron chi connectivity index (χ3n) is 3.55. The molecule has 1 amide bonds. The maximum absolute atomic E-state index is 13.0. The Balaban J connectivity index is 2.08. The van der Waals surface area contributed by atoms with Crippen LogP contribution in [0.4, 0.5) is 11.4 Å². The molecule has 0 unspecified atom stereocenters. The maximum atomic E-state index is 13.0. The molecule has 3 aromatic rings. The average Bonchev–Trinajstić information content (AvgIpc) is 2.99. The van der Waals surface area contributed by atoms with Crippen molar-refractivity contribution in [2.45, 2.75) is 0 Å². The number of carbonyl (C=O) groups is 2. The van der Waals surface area contributed by atoms with Crippen LogP contribution in [0.3, 0.4) is 0 Å². The van der Waals surface area contributed by atoms with Gasteiger partial charge in [-0.05, 0) is 24.3 Å². The van der Waals surface area contributed by atoms with Gasteiger partial charge in [-0.15, -0.1) is 0 Å². The third kappa shape index (κ3) is 2.89. The van der Waals surface area contributed by atoms with E-state index in [2.05, 4.69) is 5.10 Å². The lowest BCUT2D eigenvalue weighted by Crippen LogP contribution is -2.26. The van der Waals surface area contributed by atoms with Gasteiger partial charge in [-0.2, -0.15) is 5.10 Å². The summed E-state index contributed by atoms with van der Waals surface area (Å²) < 4.78 is 1.18. The Morgan fingerprint density at radius 2 is 1.46 bits per heavy atom. The van der Waals surface area contributed by atoms with Crippen molar-refractivity contribution in [1.82, 2.24) is 9.78 Å². The van der Waals surface area contributed by atoms with E-state index in [9.17, 15) is 9.59 Å². The number of aromatic carboxylic acids is 1. The number of hydrogen-bond acceptors (Lipinski definition) is 3. The summed E-state index contributed by atoms with van der Waals surface area (Å²) in [5, 5.41) is 13.2. The largest absolute Gasteiger partial charge is 0.477 e. The molecule has 0 atom stereocenters. The summed E-state index contributed by atoms with van der Waals surface area (Å²) in [5.41, 5.74) is 1.38. The number of carbonyl (C=O) groups excluding carboxylic acids is 1. The van der Waals surface area contributed by atoms with Crippen molar-refractivity contribution in [1.29, 1.82) is 0 Å². The number of aromatic nitrogens is 2. The molecule has 0 saturated carbocycles. The van der Waals surface area contributed by atoms with E-state index in [1.807, 2.05) is 60.7 Å². The Morgan fingerprint density at radius 3 is 1.88 bits per heavy atom. The molecule has 0 spiro atoms. The first-order valence-electron chi connectivity index (χ1n) is 7.30. The first kappa shape index (κ1) is 15.5. The van der Waals surface area contributed by atoms with Crippen LogP contribution in [-0.4, -0.2) is 26.8 Å². The average molecular weight is 321 g/mol. The minimum atomic E-state index is -1.13. The number of aryl methyl sites for hydroxylation is 1. The standard InChI is InChI=1S/C18H15N3O3/c1-20-16(18(23)24)12-15(19-20)17(22)21(13-8-4-2-5-9-13)14-10-6-3-7-11-14/h2-12H,1H3,(H,23,24). The van der Waals surface area contributed by atoms with Crippen molar-refractivity contribution >= 4 is 23.3 Å². The highest BCUT2D eigenvalue weighted by molar-refractivity contribution is 6.10. The molecule has 0 radical (unpaired) electrons. The summed E-state index contributed by atoms with van der Waals surface area (Å²) in [5.74, 6) is -1.52. The SMILES string of the molecule is Cn1nc(C(=O)N(c2ccccc2)c2ccccc2)cc1C(=O)O. The topological polar surface area (TPSA) is 75.4 Å². The molecule has 1 N–H and O–H groups in total. The quantitative estimate of drug-likeness (QED) is 0.801. The smallest absolute Gasteiger partial charge is 0.354 e. The van der Waals surface area contributed by atoms with Crippen molar-refractivity contribution < 1.29 is 14.7 Å². The first-order valence-corrected chi connectivity index (χ1v) is 7.30. The second-order valence-corrected chi connectivity index (χ2v) is 5.16. The van der Waals surface area contributed by atoms with Gasteiger partial charge in [-0.3, -0.25) is 14.4 Å². The lowest BCUT2D eigenvalue weighted by Gasteiger charge is -2.22. The van der Waals surface area contributed by atoms with Gasteiger partial charge in [0.2, 0.25) is 0 Å². The molecular formula is C18H15N3O3. The number of anilines is 2. The van der Waals surface area contributed by atoms with Crippen LogP contribution in [0.1, 0.15) is 21.0 Å². The van der Waals surface area contributed by atoms with E-state index in [1.165, 1.54) is 22.7 Å². The van der Waals surface area contributed by atoms with E-state index in [0.29, 0.717) is 11.4 Å². The molecule has 3 rings (SSSR count). The summed E-state index contributed by atoms with van der Waals surface area (Å²) >= 11 is 0. The first-order chi connectivity index (χ1) is 11.6. The molecule has 2 aromatic carbocycles. The van der Waals surface area contributed by atoms with Crippen molar-refractivity contribution in [2.75, 3.05) is 4.90 Å². The highest BCUT2D eigenvalue weighted by Crippen LogP contribution is 2.27. The van der Waals surface area contributed by atoms with Crippen molar-refractivity contribution in [2.24, 2.45) is 7.05 Å². The normalized spacial score (nSPS) is 10.4. The van der Waals surface area contributed by atoms with E-state index < -0.39 is 11.9 Å². The summed E-state index contributed by atoms with van der Waals surface area (Å²) in [6, 6.07) is 19.6. The molecule has 1 heterocycles. The van der Waals surface area contributed by atoms with Gasteiger partial charge in [-0.25, -0.2) is 4.79 Å². The van der Waals surface area contributed by atoms with Crippen molar-refractivity contribution in [3.63, 3.8) is 0 Å². The minimum absolute atomic E-state index is 0.0422. The fourth-order valence-electron chi connectivity index (χ4n) is 2.42. The van der Waals surface area contributed by atoms with Gasteiger partial charge < -0.3 is 5.11 Å². The number of carboxylic acids is 1.